The SMILES string of the molecule is CCOC(=O)C(Cl)NNc1ccc(C)cc1. The first-order valence-corrected chi connectivity index (χ1v) is 5.46. The molecule has 0 fully saturated rings. The lowest BCUT2D eigenvalue weighted by Crippen LogP contribution is -2.37. The fraction of sp³-hybridized carbons (Fsp3) is 0.364. The number of hydrogen-bond donors (Lipinski definition) is 2. The molecule has 0 aromatic heterocycles. The molecule has 1 atom stereocenters. The molecule has 0 spiro atoms. The lowest BCUT2D eigenvalue weighted by molar-refractivity contribution is -0.143. The number of nitrogens with one attached hydrogen (secondary N) is 2. The number of rotatable bonds is 5. The third kappa shape index (κ3) is 4.08. The lowest BCUT2D eigenvalue weighted by Gasteiger charge is -2.12. The minimum Gasteiger partial charge on any atom is -0.464 e. The van der Waals surface area contributed by atoms with Gasteiger partial charge in [-0.25, -0.2) is 10.2 Å². The topological polar surface area (TPSA) is 50.4 Å². The van der Waals surface area contributed by atoms with Gasteiger partial charge in [0.15, 0.2) is 5.50 Å². The van der Waals surface area contributed by atoms with Crippen LogP contribution in [-0.4, -0.2) is 18.1 Å². The Morgan fingerprint density at radius 3 is 2.62 bits per heavy atom. The fourth-order valence-electron chi connectivity index (χ4n) is 1.06. The monoisotopic (exact) mass is 242 g/mol. The molecule has 5 heteroatoms. The Morgan fingerprint density at radius 2 is 2.06 bits per heavy atom. The van der Waals surface area contributed by atoms with Crippen LogP contribution in [0, 0.1) is 6.92 Å². The summed E-state index contributed by atoms with van der Waals surface area (Å²) in [6, 6.07) is 7.68. The van der Waals surface area contributed by atoms with Crippen molar-refractivity contribution in [3.8, 4) is 0 Å². The number of benzene rings is 1. The lowest BCUT2D eigenvalue weighted by atomic mass is 10.2. The number of alkyl halides is 1. The van der Waals surface area contributed by atoms with Crippen LogP contribution in [0.25, 0.3) is 0 Å². The van der Waals surface area contributed by atoms with Crippen LogP contribution in [0.5, 0.6) is 0 Å². The van der Waals surface area contributed by atoms with Gasteiger partial charge >= 0.3 is 5.97 Å². The summed E-state index contributed by atoms with van der Waals surface area (Å²) < 4.78 is 4.74. The standard InChI is InChI=1S/C11H15ClN2O2/c1-3-16-11(15)10(12)14-13-9-6-4-8(2)5-7-9/h4-7,10,13-14H,3H2,1-2H3. The maximum atomic E-state index is 11.2. The average molecular weight is 243 g/mol. The zero-order chi connectivity index (χ0) is 12.0. The van der Waals surface area contributed by atoms with Crippen LogP contribution >= 0.6 is 11.6 Å². The maximum absolute atomic E-state index is 11.2. The van der Waals surface area contributed by atoms with Crippen molar-refractivity contribution in [2.75, 3.05) is 12.0 Å². The third-order valence-electron chi connectivity index (χ3n) is 1.89. The predicted octanol–water partition coefficient (Wildman–Crippen LogP) is 2.04. The van der Waals surface area contributed by atoms with E-state index in [0.29, 0.717) is 6.61 Å². The van der Waals surface area contributed by atoms with Crippen molar-refractivity contribution < 1.29 is 9.53 Å². The Balaban J connectivity index is 2.39. The van der Waals surface area contributed by atoms with Crippen LogP contribution in [0.3, 0.4) is 0 Å². The van der Waals surface area contributed by atoms with Gasteiger partial charge in [0, 0.05) is 5.69 Å². The van der Waals surface area contributed by atoms with Gasteiger partial charge in [-0.3, -0.25) is 0 Å². The Labute approximate surface area is 99.9 Å². The van der Waals surface area contributed by atoms with Gasteiger partial charge in [0.1, 0.15) is 0 Å². The van der Waals surface area contributed by atoms with Gasteiger partial charge in [-0.1, -0.05) is 29.3 Å². The number of anilines is 1. The largest absolute Gasteiger partial charge is 0.464 e. The van der Waals surface area contributed by atoms with E-state index in [2.05, 4.69) is 10.9 Å². The molecule has 0 amide bonds. The summed E-state index contributed by atoms with van der Waals surface area (Å²) in [5.74, 6) is -0.497. The van der Waals surface area contributed by atoms with Crippen molar-refractivity contribution in [3.63, 3.8) is 0 Å². The maximum Gasteiger partial charge on any atom is 0.340 e. The molecule has 1 aromatic carbocycles. The second-order valence-corrected chi connectivity index (χ2v) is 3.69. The second kappa shape index (κ2) is 6.35. The van der Waals surface area contributed by atoms with E-state index in [1.54, 1.807) is 6.92 Å². The molecule has 0 saturated carbocycles. The fourth-order valence-corrected chi connectivity index (χ4v) is 1.18. The van der Waals surface area contributed by atoms with Gasteiger partial charge in [0.25, 0.3) is 0 Å². The van der Waals surface area contributed by atoms with Crippen molar-refractivity contribution >= 4 is 23.3 Å². The molecule has 88 valence electrons. The van der Waals surface area contributed by atoms with E-state index in [1.165, 1.54) is 5.56 Å². The van der Waals surface area contributed by atoms with E-state index in [4.69, 9.17) is 16.3 Å². The predicted molar refractivity (Wildman–Crippen MR) is 64.2 cm³/mol. The third-order valence-corrected chi connectivity index (χ3v) is 2.18. The van der Waals surface area contributed by atoms with Crippen LogP contribution in [0.15, 0.2) is 24.3 Å². The molecule has 0 bridgehead atoms. The summed E-state index contributed by atoms with van der Waals surface area (Å²) in [7, 11) is 0. The number of aryl methyl sites for hydroxylation is 1. The Kier molecular flexibility index (Phi) is 5.08. The van der Waals surface area contributed by atoms with Crippen molar-refractivity contribution in [1.82, 2.24) is 5.43 Å². The molecule has 4 nitrogen and oxygen atoms in total. The molecule has 1 aromatic rings. The number of halogens is 1. The van der Waals surface area contributed by atoms with Crippen LogP contribution in [0.1, 0.15) is 12.5 Å². The summed E-state index contributed by atoms with van der Waals surface area (Å²) in [6.45, 7) is 4.04. The number of carbonyl (C=O) groups is 1. The summed E-state index contributed by atoms with van der Waals surface area (Å²) in [5, 5.41) is 0. The molecule has 2 N–H and O–H groups in total. The summed E-state index contributed by atoms with van der Waals surface area (Å²) in [5.41, 5.74) is 6.57. The van der Waals surface area contributed by atoms with Gasteiger partial charge in [-0.05, 0) is 26.0 Å². The molecule has 1 unspecified atom stereocenters. The first-order valence-electron chi connectivity index (χ1n) is 5.02. The highest BCUT2D eigenvalue weighted by molar-refractivity contribution is 6.29. The van der Waals surface area contributed by atoms with E-state index < -0.39 is 11.5 Å². The van der Waals surface area contributed by atoms with Crippen molar-refractivity contribution in [2.45, 2.75) is 19.3 Å². The number of carbonyl (C=O) groups excluding carboxylic acids is 1. The first-order chi connectivity index (χ1) is 7.63. The molecule has 0 aliphatic heterocycles. The molecular weight excluding hydrogens is 228 g/mol. The highest BCUT2D eigenvalue weighted by Crippen LogP contribution is 2.07. The quantitative estimate of drug-likeness (QED) is 0.359. The average Bonchev–Trinajstić information content (AvgIpc) is 2.28. The normalized spacial score (nSPS) is 11.9. The molecule has 0 heterocycles. The summed E-state index contributed by atoms with van der Waals surface area (Å²) >= 11 is 5.74. The van der Waals surface area contributed by atoms with E-state index in [9.17, 15) is 4.79 Å². The number of hydrogen-bond acceptors (Lipinski definition) is 4. The van der Waals surface area contributed by atoms with Crippen molar-refractivity contribution in [3.05, 3.63) is 29.8 Å². The zero-order valence-electron chi connectivity index (χ0n) is 9.29. The van der Waals surface area contributed by atoms with E-state index >= 15 is 0 Å². The van der Waals surface area contributed by atoms with E-state index in [1.807, 2.05) is 31.2 Å². The molecule has 0 saturated heterocycles. The number of ether oxygens (including phenoxy) is 1. The van der Waals surface area contributed by atoms with Crippen LogP contribution < -0.4 is 10.9 Å². The van der Waals surface area contributed by atoms with Crippen LogP contribution in [0.4, 0.5) is 5.69 Å². The molecule has 0 radical (unpaired) electrons. The highest BCUT2D eigenvalue weighted by Gasteiger charge is 2.14. The molecule has 16 heavy (non-hydrogen) atoms. The molecule has 0 aliphatic carbocycles. The second-order valence-electron chi connectivity index (χ2n) is 3.25. The minimum atomic E-state index is -0.902. The van der Waals surface area contributed by atoms with Gasteiger partial charge in [0.2, 0.25) is 0 Å². The van der Waals surface area contributed by atoms with Crippen molar-refractivity contribution in [2.24, 2.45) is 0 Å². The van der Waals surface area contributed by atoms with Gasteiger partial charge in [-0.2, -0.15) is 0 Å². The van der Waals surface area contributed by atoms with Crippen LogP contribution in [0.2, 0.25) is 0 Å². The number of hydrazine groups is 1. The highest BCUT2D eigenvalue weighted by atomic mass is 35.5. The Bertz CT molecular complexity index is 340. The molecule has 1 rings (SSSR count). The Hall–Kier alpha value is -1.26. The summed E-state index contributed by atoms with van der Waals surface area (Å²) in [4.78, 5) is 11.2. The van der Waals surface area contributed by atoms with Crippen molar-refractivity contribution in [1.29, 1.82) is 0 Å². The van der Waals surface area contributed by atoms with Gasteiger partial charge in [-0.15, -0.1) is 0 Å². The number of esters is 1. The van der Waals surface area contributed by atoms with Gasteiger partial charge in [0.05, 0.1) is 6.61 Å². The van der Waals surface area contributed by atoms with E-state index in [0.717, 1.165) is 5.69 Å². The molecule has 0 aliphatic rings. The summed E-state index contributed by atoms with van der Waals surface area (Å²) in [6.07, 6.45) is 0. The minimum absolute atomic E-state index is 0.314. The van der Waals surface area contributed by atoms with Gasteiger partial charge < -0.3 is 10.2 Å². The first kappa shape index (κ1) is 12.8. The smallest absolute Gasteiger partial charge is 0.340 e. The molecular formula is C11H15ClN2O2. The van der Waals surface area contributed by atoms with E-state index in [-0.39, 0.29) is 0 Å². The Morgan fingerprint density at radius 1 is 1.44 bits per heavy atom. The van der Waals surface area contributed by atoms with Crippen LogP contribution in [-0.2, 0) is 9.53 Å². The zero-order valence-corrected chi connectivity index (χ0v) is 10.0.